The molecule has 0 saturated carbocycles. The Labute approximate surface area is 119 Å². The lowest BCUT2D eigenvalue weighted by Gasteiger charge is -2.28. The van der Waals surface area contributed by atoms with Gasteiger partial charge < -0.3 is 10.1 Å². The molecule has 0 aromatic heterocycles. The van der Waals surface area contributed by atoms with E-state index < -0.39 is 0 Å². The molecule has 0 aliphatic heterocycles. The summed E-state index contributed by atoms with van der Waals surface area (Å²) < 4.78 is 6.68. The van der Waals surface area contributed by atoms with E-state index in [1.165, 1.54) is 11.1 Å². The van der Waals surface area contributed by atoms with Crippen molar-refractivity contribution >= 4 is 15.9 Å². The van der Waals surface area contributed by atoms with Crippen molar-refractivity contribution in [2.24, 2.45) is 0 Å². The van der Waals surface area contributed by atoms with Crippen LogP contribution in [0.2, 0.25) is 0 Å². The molecule has 0 heterocycles. The van der Waals surface area contributed by atoms with E-state index in [1.54, 1.807) is 7.11 Å². The van der Waals surface area contributed by atoms with E-state index in [4.69, 9.17) is 4.74 Å². The molecule has 0 aliphatic rings. The fourth-order valence-corrected chi connectivity index (χ4v) is 2.41. The predicted molar refractivity (Wildman–Crippen MR) is 81.6 cm³/mol. The Bertz CT molecular complexity index is 402. The molecule has 0 bridgehead atoms. The summed E-state index contributed by atoms with van der Waals surface area (Å²) >= 11 is 3.61. The summed E-state index contributed by atoms with van der Waals surface area (Å²) in [6.07, 6.45) is 1.09. The first-order valence-corrected chi connectivity index (χ1v) is 7.27. The third-order valence-corrected chi connectivity index (χ3v) is 4.24. The fraction of sp³-hybridized carbons (Fsp3) is 0.600. The summed E-state index contributed by atoms with van der Waals surface area (Å²) in [5.74, 6) is 0.984. The molecule has 2 nitrogen and oxygen atoms in total. The summed E-state index contributed by atoms with van der Waals surface area (Å²) in [5.41, 5.74) is 2.57. The Kier molecular flexibility index (Phi) is 5.67. The van der Waals surface area contributed by atoms with Gasteiger partial charge in [0.05, 0.1) is 7.11 Å². The Balaban J connectivity index is 3.02. The van der Waals surface area contributed by atoms with Crippen LogP contribution >= 0.6 is 15.9 Å². The smallest absolute Gasteiger partial charge is 0.122 e. The van der Waals surface area contributed by atoms with Gasteiger partial charge in [-0.2, -0.15) is 0 Å². The molecule has 1 aromatic rings. The van der Waals surface area contributed by atoms with Crippen molar-refractivity contribution in [1.82, 2.24) is 5.32 Å². The zero-order chi connectivity index (χ0) is 13.8. The maximum atomic E-state index is 5.53. The Morgan fingerprint density at radius 2 is 2.00 bits per heavy atom. The van der Waals surface area contributed by atoms with Crippen LogP contribution in [0.4, 0.5) is 0 Å². The number of nitrogens with one attached hydrogen (secondary N) is 1. The number of hydrogen-bond donors (Lipinski definition) is 1. The second-order valence-electron chi connectivity index (χ2n) is 5.29. The van der Waals surface area contributed by atoms with Crippen LogP contribution in [0.5, 0.6) is 5.75 Å². The average molecular weight is 314 g/mol. The maximum Gasteiger partial charge on any atom is 0.122 e. The van der Waals surface area contributed by atoms with Gasteiger partial charge in [-0.1, -0.05) is 36.7 Å². The fourth-order valence-electron chi connectivity index (χ4n) is 2.07. The van der Waals surface area contributed by atoms with E-state index in [0.717, 1.165) is 29.7 Å². The summed E-state index contributed by atoms with van der Waals surface area (Å²) in [6.45, 7) is 10.8. The summed E-state index contributed by atoms with van der Waals surface area (Å²) in [7, 11) is 1.74. The van der Waals surface area contributed by atoms with E-state index in [-0.39, 0.29) is 5.41 Å². The second kappa shape index (κ2) is 6.58. The summed E-state index contributed by atoms with van der Waals surface area (Å²) in [4.78, 5) is 0. The first-order valence-electron chi connectivity index (χ1n) is 6.47. The van der Waals surface area contributed by atoms with E-state index >= 15 is 0 Å². The Hall–Kier alpha value is -0.540. The predicted octanol–water partition coefficient (Wildman–Crippen LogP) is 4.04. The Morgan fingerprint density at radius 3 is 2.56 bits per heavy atom. The minimum absolute atomic E-state index is 0.101. The van der Waals surface area contributed by atoms with Crippen molar-refractivity contribution < 1.29 is 4.74 Å². The highest BCUT2D eigenvalue weighted by molar-refractivity contribution is 9.10. The molecule has 0 unspecified atom stereocenters. The van der Waals surface area contributed by atoms with Crippen LogP contribution in [0.1, 0.15) is 38.3 Å². The van der Waals surface area contributed by atoms with Gasteiger partial charge >= 0.3 is 0 Å². The van der Waals surface area contributed by atoms with Gasteiger partial charge in [0.25, 0.3) is 0 Å². The number of rotatable bonds is 6. The molecule has 0 radical (unpaired) electrons. The molecule has 0 aliphatic carbocycles. The molecule has 1 N–H and O–H groups in total. The van der Waals surface area contributed by atoms with Crippen molar-refractivity contribution in [3.63, 3.8) is 0 Å². The van der Waals surface area contributed by atoms with Crippen molar-refractivity contribution in [3.05, 3.63) is 27.7 Å². The lowest BCUT2D eigenvalue weighted by molar-refractivity contribution is 0.382. The molecule has 18 heavy (non-hydrogen) atoms. The molecular weight excluding hydrogens is 290 g/mol. The van der Waals surface area contributed by atoms with E-state index in [0.29, 0.717) is 0 Å². The molecule has 3 heteroatoms. The third-order valence-electron chi connectivity index (χ3n) is 3.39. The topological polar surface area (TPSA) is 21.3 Å². The summed E-state index contributed by atoms with van der Waals surface area (Å²) in [5, 5.41) is 3.39. The molecule has 102 valence electrons. The zero-order valence-electron chi connectivity index (χ0n) is 12.1. The van der Waals surface area contributed by atoms with Crippen LogP contribution in [0.3, 0.4) is 0 Å². The molecule has 0 fully saturated rings. The van der Waals surface area contributed by atoms with Crippen LogP contribution in [-0.2, 0) is 5.41 Å². The van der Waals surface area contributed by atoms with E-state index in [2.05, 4.69) is 61.1 Å². The second-order valence-corrected chi connectivity index (χ2v) is 6.14. The summed E-state index contributed by atoms with van der Waals surface area (Å²) in [6, 6.07) is 4.30. The van der Waals surface area contributed by atoms with Gasteiger partial charge in [0.1, 0.15) is 5.75 Å². The van der Waals surface area contributed by atoms with Crippen molar-refractivity contribution in [2.45, 2.75) is 39.5 Å². The lowest BCUT2D eigenvalue weighted by atomic mass is 9.80. The highest BCUT2D eigenvalue weighted by Crippen LogP contribution is 2.37. The van der Waals surface area contributed by atoms with Crippen LogP contribution in [0.15, 0.2) is 16.6 Å². The number of methoxy groups -OCH3 is 1. The molecule has 0 amide bonds. The third kappa shape index (κ3) is 3.72. The lowest BCUT2D eigenvalue weighted by Crippen LogP contribution is -2.26. The standard InChI is InChI=1S/C15H24BrNO/c1-6-17-8-7-15(3,4)12-10-13(16)11(2)9-14(12)18-5/h9-10,17H,6-8H2,1-5H3. The van der Waals surface area contributed by atoms with Gasteiger partial charge in [-0.05, 0) is 49.5 Å². The molecule has 1 rings (SSSR count). The van der Waals surface area contributed by atoms with Gasteiger partial charge in [0, 0.05) is 10.0 Å². The number of aryl methyl sites for hydroxylation is 1. The SMILES string of the molecule is CCNCCC(C)(C)c1cc(Br)c(C)cc1OC. The maximum absolute atomic E-state index is 5.53. The van der Waals surface area contributed by atoms with Crippen molar-refractivity contribution in [3.8, 4) is 5.75 Å². The van der Waals surface area contributed by atoms with Gasteiger partial charge in [-0.3, -0.25) is 0 Å². The van der Waals surface area contributed by atoms with Gasteiger partial charge in [-0.15, -0.1) is 0 Å². The quantitative estimate of drug-likeness (QED) is 0.800. The first kappa shape index (κ1) is 15.5. The zero-order valence-corrected chi connectivity index (χ0v) is 13.6. The monoisotopic (exact) mass is 313 g/mol. The largest absolute Gasteiger partial charge is 0.496 e. The van der Waals surface area contributed by atoms with E-state index in [1.807, 2.05) is 0 Å². The first-order chi connectivity index (χ1) is 8.42. The van der Waals surface area contributed by atoms with Gasteiger partial charge in [0.2, 0.25) is 0 Å². The van der Waals surface area contributed by atoms with E-state index in [9.17, 15) is 0 Å². The number of hydrogen-bond acceptors (Lipinski definition) is 2. The normalized spacial score (nSPS) is 11.7. The minimum atomic E-state index is 0.101. The van der Waals surface area contributed by atoms with Crippen LogP contribution in [0.25, 0.3) is 0 Å². The Morgan fingerprint density at radius 1 is 1.33 bits per heavy atom. The van der Waals surface area contributed by atoms with Crippen molar-refractivity contribution in [1.29, 1.82) is 0 Å². The minimum Gasteiger partial charge on any atom is -0.496 e. The average Bonchev–Trinajstić information content (AvgIpc) is 2.32. The van der Waals surface area contributed by atoms with Crippen molar-refractivity contribution in [2.75, 3.05) is 20.2 Å². The molecule has 1 aromatic carbocycles. The van der Waals surface area contributed by atoms with Crippen LogP contribution in [0, 0.1) is 6.92 Å². The number of benzene rings is 1. The molecule has 0 atom stereocenters. The van der Waals surface area contributed by atoms with Gasteiger partial charge in [-0.25, -0.2) is 0 Å². The highest BCUT2D eigenvalue weighted by atomic mass is 79.9. The molecule has 0 saturated heterocycles. The van der Waals surface area contributed by atoms with Gasteiger partial charge in [0.15, 0.2) is 0 Å². The van der Waals surface area contributed by atoms with Crippen LogP contribution in [-0.4, -0.2) is 20.2 Å². The highest BCUT2D eigenvalue weighted by Gasteiger charge is 2.24. The number of halogens is 1. The number of ether oxygens (including phenoxy) is 1. The molecular formula is C15H24BrNO. The van der Waals surface area contributed by atoms with Crippen LogP contribution < -0.4 is 10.1 Å². The molecule has 0 spiro atoms.